The maximum Gasteiger partial charge on any atom is 0.418 e. The molecule has 8 nitrogen and oxygen atoms in total. The van der Waals surface area contributed by atoms with E-state index in [9.17, 15) is 18.0 Å². The fourth-order valence-electron chi connectivity index (χ4n) is 4.28. The number of carbonyl (C=O) groups is 1. The average Bonchev–Trinajstić information content (AvgIpc) is 3.39. The fourth-order valence-corrected chi connectivity index (χ4v) is 4.41. The molecule has 190 valence electrons. The van der Waals surface area contributed by atoms with Gasteiger partial charge in [0.25, 0.3) is 0 Å². The minimum absolute atomic E-state index is 0.0127. The van der Waals surface area contributed by atoms with Gasteiger partial charge in [-0.2, -0.15) is 13.2 Å². The zero-order valence-electron chi connectivity index (χ0n) is 19.5. The molecule has 1 aliphatic rings. The number of pyridine rings is 2. The smallest absolute Gasteiger partial charge is 0.418 e. The number of carbonyl (C=O) groups excluding carboxylic acids is 1. The van der Waals surface area contributed by atoms with Crippen LogP contribution in [0.3, 0.4) is 0 Å². The molecule has 3 aromatic heterocycles. The summed E-state index contributed by atoms with van der Waals surface area (Å²) in [5, 5.41) is 4.25. The van der Waals surface area contributed by atoms with E-state index in [0.717, 1.165) is 12.5 Å². The lowest BCUT2D eigenvalue weighted by atomic mass is 10.1. The Morgan fingerprint density at radius 2 is 1.89 bits per heavy atom. The number of hydrogen-bond donors (Lipinski definition) is 1. The summed E-state index contributed by atoms with van der Waals surface area (Å²) in [6, 6.07) is 11.7. The van der Waals surface area contributed by atoms with E-state index in [0.29, 0.717) is 40.7 Å². The van der Waals surface area contributed by atoms with E-state index in [2.05, 4.69) is 25.3 Å². The van der Waals surface area contributed by atoms with Crippen molar-refractivity contribution in [3.05, 3.63) is 71.1 Å². The summed E-state index contributed by atoms with van der Waals surface area (Å²) >= 11 is 6.00. The first-order chi connectivity index (χ1) is 17.7. The molecule has 37 heavy (non-hydrogen) atoms. The molecule has 0 bridgehead atoms. The number of nitrogens with zero attached hydrogens (tertiary/aromatic N) is 5. The van der Waals surface area contributed by atoms with Crippen LogP contribution in [0.15, 0.2) is 54.7 Å². The number of rotatable bonds is 4. The van der Waals surface area contributed by atoms with Crippen molar-refractivity contribution in [2.45, 2.75) is 25.1 Å². The van der Waals surface area contributed by atoms with Crippen molar-refractivity contribution in [3.63, 3.8) is 0 Å². The van der Waals surface area contributed by atoms with Crippen LogP contribution in [-0.4, -0.2) is 44.6 Å². The van der Waals surface area contributed by atoms with Crippen LogP contribution in [0.4, 0.5) is 29.5 Å². The third-order valence-electron chi connectivity index (χ3n) is 6.00. The molecule has 0 radical (unpaired) electrons. The predicted octanol–water partition coefficient (Wildman–Crippen LogP) is 6.41. The van der Waals surface area contributed by atoms with E-state index in [1.165, 1.54) is 30.3 Å². The van der Waals surface area contributed by atoms with E-state index < -0.39 is 23.9 Å². The standard InChI is InChI=1S/C25H20ClF3N6O2/c1-37-24(36)35-13-3-5-19(35)23-33-21(31-15-8-6-14(26)7-9-15)16-10-11-18(32-22(16)34-23)20-17(25(27,28)29)4-2-12-30-20/h2,4,6-12,19H,3,5,13H2,1H3,(H,31,32,33,34)/t19-/m1/s1. The van der Waals surface area contributed by atoms with Gasteiger partial charge in [-0.05, 0) is 61.4 Å². The average molecular weight is 529 g/mol. The van der Waals surface area contributed by atoms with Gasteiger partial charge in [-0.3, -0.25) is 9.88 Å². The number of likely N-dealkylation sites (tertiary alicyclic amines) is 1. The van der Waals surface area contributed by atoms with E-state index >= 15 is 0 Å². The van der Waals surface area contributed by atoms with E-state index in [1.54, 1.807) is 30.3 Å². The molecule has 1 saturated heterocycles. The zero-order valence-corrected chi connectivity index (χ0v) is 20.2. The summed E-state index contributed by atoms with van der Waals surface area (Å²) in [7, 11) is 1.30. The number of halogens is 4. The van der Waals surface area contributed by atoms with Gasteiger partial charge in [0.1, 0.15) is 11.5 Å². The Balaban J connectivity index is 1.66. The molecule has 4 heterocycles. The quantitative estimate of drug-likeness (QED) is 0.327. The SMILES string of the molecule is COC(=O)N1CCC[C@@H]1c1nc(Nc2ccc(Cl)cc2)c2ccc(-c3ncccc3C(F)(F)F)nc2n1. The first-order valence-corrected chi connectivity index (χ1v) is 11.7. The molecule has 1 N–H and O–H groups in total. The molecule has 12 heteroatoms. The molecule has 5 rings (SSSR count). The molecule has 1 fully saturated rings. The summed E-state index contributed by atoms with van der Waals surface area (Å²) in [6.45, 7) is 0.467. The lowest BCUT2D eigenvalue weighted by Gasteiger charge is -2.23. The number of fused-ring (bicyclic) bond motifs is 1. The second-order valence-corrected chi connectivity index (χ2v) is 8.79. The highest BCUT2D eigenvalue weighted by atomic mass is 35.5. The molecule has 0 aliphatic carbocycles. The van der Waals surface area contributed by atoms with Gasteiger partial charge in [-0.1, -0.05) is 11.6 Å². The molecular weight excluding hydrogens is 509 g/mol. The van der Waals surface area contributed by atoms with Crippen molar-refractivity contribution >= 4 is 40.2 Å². The van der Waals surface area contributed by atoms with Crippen LogP contribution in [0.5, 0.6) is 0 Å². The van der Waals surface area contributed by atoms with Gasteiger partial charge >= 0.3 is 12.3 Å². The molecule has 1 amide bonds. The van der Waals surface area contributed by atoms with Crippen LogP contribution < -0.4 is 5.32 Å². The van der Waals surface area contributed by atoms with Gasteiger partial charge in [0.15, 0.2) is 11.5 Å². The highest BCUT2D eigenvalue weighted by Crippen LogP contribution is 2.37. The van der Waals surface area contributed by atoms with Crippen molar-refractivity contribution in [1.29, 1.82) is 0 Å². The highest BCUT2D eigenvalue weighted by Gasteiger charge is 2.35. The van der Waals surface area contributed by atoms with Crippen molar-refractivity contribution in [2.24, 2.45) is 0 Å². The van der Waals surface area contributed by atoms with Gasteiger partial charge < -0.3 is 10.1 Å². The minimum atomic E-state index is -4.61. The van der Waals surface area contributed by atoms with Crippen LogP contribution in [0.25, 0.3) is 22.4 Å². The molecule has 1 aliphatic heterocycles. The molecule has 0 saturated carbocycles. The topological polar surface area (TPSA) is 93.1 Å². The maximum absolute atomic E-state index is 13.6. The third kappa shape index (κ3) is 4.99. The van der Waals surface area contributed by atoms with Crippen molar-refractivity contribution < 1.29 is 22.7 Å². The van der Waals surface area contributed by atoms with Crippen LogP contribution in [0.2, 0.25) is 5.02 Å². The Bertz CT molecular complexity index is 1470. The van der Waals surface area contributed by atoms with Gasteiger partial charge in [-0.25, -0.2) is 19.7 Å². The summed E-state index contributed by atoms with van der Waals surface area (Å²) < 4.78 is 45.8. The lowest BCUT2D eigenvalue weighted by molar-refractivity contribution is -0.137. The molecular formula is C25H20ClF3N6O2. The van der Waals surface area contributed by atoms with Crippen LogP contribution in [-0.2, 0) is 10.9 Å². The summed E-state index contributed by atoms with van der Waals surface area (Å²) in [6.07, 6.45) is -2.52. The highest BCUT2D eigenvalue weighted by molar-refractivity contribution is 6.30. The zero-order chi connectivity index (χ0) is 26.2. The first kappa shape index (κ1) is 24.7. The Morgan fingerprint density at radius 3 is 2.62 bits per heavy atom. The summed E-state index contributed by atoms with van der Waals surface area (Å²) in [5.41, 5.74) is -0.349. The van der Waals surface area contributed by atoms with Crippen LogP contribution in [0.1, 0.15) is 30.3 Å². The second kappa shape index (κ2) is 9.81. The Morgan fingerprint density at radius 1 is 1.11 bits per heavy atom. The molecule has 0 spiro atoms. The van der Waals surface area contributed by atoms with Crippen molar-refractivity contribution in [3.8, 4) is 11.4 Å². The van der Waals surface area contributed by atoms with Crippen molar-refractivity contribution in [1.82, 2.24) is 24.8 Å². The number of hydrogen-bond acceptors (Lipinski definition) is 7. The van der Waals surface area contributed by atoms with Crippen LogP contribution >= 0.6 is 11.6 Å². The first-order valence-electron chi connectivity index (χ1n) is 11.3. The number of amides is 1. The predicted molar refractivity (Wildman–Crippen MR) is 131 cm³/mol. The third-order valence-corrected chi connectivity index (χ3v) is 6.25. The fraction of sp³-hybridized carbons (Fsp3) is 0.240. The summed E-state index contributed by atoms with van der Waals surface area (Å²) in [4.78, 5) is 31.5. The number of nitrogens with one attached hydrogen (secondary N) is 1. The van der Waals surface area contributed by atoms with Gasteiger partial charge in [-0.15, -0.1) is 0 Å². The minimum Gasteiger partial charge on any atom is -0.453 e. The number of benzene rings is 1. The van der Waals surface area contributed by atoms with Crippen molar-refractivity contribution in [2.75, 3.05) is 19.0 Å². The van der Waals surface area contributed by atoms with E-state index in [-0.39, 0.29) is 17.0 Å². The largest absolute Gasteiger partial charge is 0.453 e. The van der Waals surface area contributed by atoms with E-state index in [4.69, 9.17) is 16.3 Å². The van der Waals surface area contributed by atoms with Gasteiger partial charge in [0.05, 0.1) is 29.8 Å². The molecule has 1 aromatic carbocycles. The van der Waals surface area contributed by atoms with Gasteiger partial charge in [0.2, 0.25) is 0 Å². The van der Waals surface area contributed by atoms with E-state index in [1.807, 2.05) is 0 Å². The Kier molecular flexibility index (Phi) is 6.55. The Labute approximate surface area is 214 Å². The number of methoxy groups -OCH3 is 1. The van der Waals surface area contributed by atoms with Gasteiger partial charge in [0, 0.05) is 23.5 Å². The van der Waals surface area contributed by atoms with Crippen LogP contribution in [0, 0.1) is 0 Å². The molecule has 0 unspecified atom stereocenters. The Hall–Kier alpha value is -3.99. The number of ether oxygens (including phenoxy) is 1. The maximum atomic E-state index is 13.6. The monoisotopic (exact) mass is 528 g/mol. The summed E-state index contributed by atoms with van der Waals surface area (Å²) in [5.74, 6) is 0.684. The second-order valence-electron chi connectivity index (χ2n) is 8.35. The lowest BCUT2D eigenvalue weighted by Crippen LogP contribution is -2.31. The number of anilines is 2. The molecule has 4 aromatic rings. The number of aromatic nitrogens is 4. The number of alkyl halides is 3. The normalized spacial score (nSPS) is 15.7. The molecule has 1 atom stereocenters.